The van der Waals surface area contributed by atoms with Gasteiger partial charge in [-0.15, -0.1) is 0 Å². The number of rotatable bonds is 13. The normalized spacial score (nSPS) is 16.4. The molecule has 3 atom stereocenters. The summed E-state index contributed by atoms with van der Waals surface area (Å²) in [5, 5.41) is 18.0. The highest BCUT2D eigenvalue weighted by atomic mass is 19.1. The third-order valence-corrected chi connectivity index (χ3v) is 8.28. The minimum absolute atomic E-state index is 0.0485. The lowest BCUT2D eigenvalue weighted by Gasteiger charge is -2.31. The van der Waals surface area contributed by atoms with Crippen molar-refractivity contribution in [2.24, 2.45) is 0 Å². The second-order valence-electron chi connectivity index (χ2n) is 11.6. The van der Waals surface area contributed by atoms with E-state index in [0.29, 0.717) is 56.0 Å². The van der Waals surface area contributed by atoms with Crippen molar-refractivity contribution in [2.75, 3.05) is 32.1 Å². The molecule has 10 heteroatoms. The average Bonchev–Trinajstić information content (AvgIpc) is 3.12. The van der Waals surface area contributed by atoms with Gasteiger partial charge in [0, 0.05) is 31.1 Å². The summed E-state index contributed by atoms with van der Waals surface area (Å²) in [6.45, 7) is 1.83. The smallest absolute Gasteiger partial charge is 0.407 e. The molecular weight excluding hydrogens is 611 g/mol. The highest BCUT2D eigenvalue weighted by molar-refractivity contribution is 5.98. The Morgan fingerprint density at radius 3 is 2.21 bits per heavy atom. The lowest BCUT2D eigenvalue weighted by atomic mass is 9.84. The number of methoxy groups -OCH3 is 1. The van der Waals surface area contributed by atoms with Crippen LogP contribution in [0.4, 0.5) is 14.9 Å². The fourth-order valence-electron chi connectivity index (χ4n) is 5.84. The molecule has 3 N–H and O–H groups in total. The maximum absolute atomic E-state index is 14.6. The lowest BCUT2D eigenvalue weighted by molar-refractivity contribution is -0.118. The zero-order chi connectivity index (χ0) is 33.7. The fourth-order valence-corrected chi connectivity index (χ4v) is 5.84. The number of morpholine rings is 1. The Balaban J connectivity index is 1.26. The van der Waals surface area contributed by atoms with Crippen LogP contribution in [0.5, 0.6) is 5.75 Å². The number of hydrogen-bond acceptors (Lipinski definition) is 7. The topological polar surface area (TPSA) is 122 Å². The number of nitrogens with one attached hydrogen (secondary N) is 3. The van der Waals surface area contributed by atoms with Crippen molar-refractivity contribution in [3.63, 3.8) is 0 Å². The van der Waals surface area contributed by atoms with E-state index in [4.69, 9.17) is 19.5 Å². The molecule has 0 spiro atoms. The van der Waals surface area contributed by atoms with Gasteiger partial charge in [0.2, 0.25) is 5.91 Å². The van der Waals surface area contributed by atoms with Crippen LogP contribution in [0.25, 0.3) is 0 Å². The van der Waals surface area contributed by atoms with Gasteiger partial charge >= 0.3 is 6.09 Å². The second kappa shape index (κ2) is 17.1. The Morgan fingerprint density at radius 2 is 1.58 bits per heavy atom. The molecular formula is C38H39FN4O5. The van der Waals surface area contributed by atoms with Gasteiger partial charge in [0.15, 0.2) is 0 Å². The monoisotopic (exact) mass is 650 g/mol. The summed E-state index contributed by atoms with van der Waals surface area (Å²) in [7, 11) is 1.24. The summed E-state index contributed by atoms with van der Waals surface area (Å²) in [5.74, 6) is -0.860. The number of anilines is 1. The molecule has 4 aromatic rings. The number of ether oxygens (including phenoxy) is 3. The molecule has 48 heavy (non-hydrogen) atoms. The van der Waals surface area contributed by atoms with Crippen molar-refractivity contribution >= 4 is 17.7 Å². The first-order valence-electron chi connectivity index (χ1n) is 16.0. The van der Waals surface area contributed by atoms with E-state index in [1.54, 1.807) is 30.3 Å². The van der Waals surface area contributed by atoms with Crippen LogP contribution < -0.4 is 20.7 Å². The summed E-state index contributed by atoms with van der Waals surface area (Å²) in [6, 6.07) is 31.2. The predicted octanol–water partition coefficient (Wildman–Crippen LogP) is 5.95. The first kappa shape index (κ1) is 34.1. The number of nitrogens with zero attached hydrogens (tertiary/aromatic N) is 1. The molecule has 9 nitrogen and oxygen atoms in total. The first-order valence-corrected chi connectivity index (χ1v) is 16.0. The van der Waals surface area contributed by atoms with E-state index in [2.05, 4.69) is 22.0 Å². The van der Waals surface area contributed by atoms with Crippen molar-refractivity contribution in [1.29, 1.82) is 5.26 Å². The molecule has 248 valence electrons. The number of carbonyl (C=O) groups is 2. The molecule has 0 radical (unpaired) electrons. The number of carbonyl (C=O) groups excluding carboxylic acids is 2. The Bertz CT molecular complexity index is 1640. The van der Waals surface area contributed by atoms with Gasteiger partial charge in [-0.2, -0.15) is 5.26 Å². The van der Waals surface area contributed by atoms with E-state index in [1.807, 2.05) is 60.7 Å². The number of alkyl carbamates (subject to hydrolysis) is 1. The molecule has 1 heterocycles. The molecule has 1 aliphatic rings. The Labute approximate surface area is 280 Å². The van der Waals surface area contributed by atoms with Crippen LogP contribution in [0.1, 0.15) is 41.0 Å². The zero-order valence-electron chi connectivity index (χ0n) is 26.7. The Kier molecular flexibility index (Phi) is 12.1. The molecule has 0 saturated carbocycles. The largest absolute Gasteiger partial charge is 0.493 e. The summed E-state index contributed by atoms with van der Waals surface area (Å²) < 4.78 is 31.6. The van der Waals surface area contributed by atoms with Crippen molar-refractivity contribution in [3.05, 3.63) is 131 Å². The van der Waals surface area contributed by atoms with Gasteiger partial charge in [0.25, 0.3) is 0 Å². The number of aryl methyl sites for hydroxylation is 1. The van der Waals surface area contributed by atoms with Crippen LogP contribution in [0, 0.1) is 17.1 Å². The van der Waals surface area contributed by atoms with Gasteiger partial charge in [0.1, 0.15) is 17.6 Å². The van der Waals surface area contributed by atoms with Gasteiger partial charge in [-0.3, -0.25) is 4.79 Å². The summed E-state index contributed by atoms with van der Waals surface area (Å²) >= 11 is 0. The van der Waals surface area contributed by atoms with Gasteiger partial charge in [0.05, 0.1) is 37.6 Å². The van der Waals surface area contributed by atoms with Crippen LogP contribution in [0.15, 0.2) is 103 Å². The molecule has 5 rings (SSSR count). The van der Waals surface area contributed by atoms with Gasteiger partial charge < -0.3 is 30.2 Å². The molecule has 4 aromatic carbocycles. The Morgan fingerprint density at radius 1 is 0.938 bits per heavy atom. The van der Waals surface area contributed by atoms with Crippen molar-refractivity contribution in [1.82, 2.24) is 10.6 Å². The van der Waals surface area contributed by atoms with E-state index in [1.165, 1.54) is 19.2 Å². The van der Waals surface area contributed by atoms with E-state index >= 15 is 0 Å². The van der Waals surface area contributed by atoms with Crippen LogP contribution >= 0.6 is 0 Å². The molecule has 2 amide bonds. The zero-order valence-corrected chi connectivity index (χ0v) is 26.7. The molecule has 1 aliphatic heterocycles. The maximum Gasteiger partial charge on any atom is 0.407 e. The van der Waals surface area contributed by atoms with Crippen LogP contribution in [-0.4, -0.2) is 57.1 Å². The van der Waals surface area contributed by atoms with E-state index in [9.17, 15) is 14.0 Å². The Hall–Kier alpha value is -5.24. The number of benzene rings is 4. The molecule has 1 unspecified atom stereocenters. The van der Waals surface area contributed by atoms with Gasteiger partial charge in [-0.25, -0.2) is 9.18 Å². The van der Waals surface area contributed by atoms with Crippen LogP contribution in [0.3, 0.4) is 0 Å². The number of nitriles is 1. The second-order valence-corrected chi connectivity index (χ2v) is 11.6. The highest BCUT2D eigenvalue weighted by Crippen LogP contribution is 2.30. The van der Waals surface area contributed by atoms with E-state index in [0.717, 1.165) is 16.7 Å². The fraction of sp³-hybridized carbons (Fsp3) is 0.289. The third-order valence-electron chi connectivity index (χ3n) is 8.28. The van der Waals surface area contributed by atoms with Crippen LogP contribution in [-0.2, 0) is 20.7 Å². The van der Waals surface area contributed by atoms with Gasteiger partial charge in [-0.1, -0.05) is 66.7 Å². The van der Waals surface area contributed by atoms with Gasteiger partial charge in [-0.05, 0) is 65.9 Å². The minimum atomic E-state index is -1.07. The molecule has 1 fully saturated rings. The van der Waals surface area contributed by atoms with Crippen molar-refractivity contribution in [3.8, 4) is 11.8 Å². The predicted molar refractivity (Wildman–Crippen MR) is 180 cm³/mol. The van der Waals surface area contributed by atoms with Crippen molar-refractivity contribution < 1.29 is 28.2 Å². The molecule has 1 saturated heterocycles. The lowest BCUT2D eigenvalue weighted by Crippen LogP contribution is -2.48. The minimum Gasteiger partial charge on any atom is -0.493 e. The summed E-state index contributed by atoms with van der Waals surface area (Å²) in [6.07, 6.45) is 0.932. The summed E-state index contributed by atoms with van der Waals surface area (Å²) in [5.41, 5.74) is 3.28. The maximum atomic E-state index is 14.6. The molecule has 0 aromatic heterocycles. The first-order chi connectivity index (χ1) is 23.4. The average molecular weight is 651 g/mol. The van der Waals surface area contributed by atoms with Crippen molar-refractivity contribution in [2.45, 2.75) is 43.4 Å². The highest BCUT2D eigenvalue weighted by Gasteiger charge is 2.33. The number of amides is 2. The standard InChI is InChI=1S/C38H39FN4O5/c1-46-38(45)43-36(35(28-8-4-2-5-9-28)29-10-6-3-7-11-29)37(44)42-34-22-30(39)16-14-27(34)15-19-32-24-41-25-33(48-32)20-21-47-31-17-12-26(23-40)13-18-31/h2-14,16-18,22,32-33,35-36,41H,15,19-21,24-25H2,1H3,(H,42,44)(H,43,45)/t32-,33-,36?/m1/s1. The quantitative estimate of drug-likeness (QED) is 0.164. The number of halogens is 1. The molecule has 0 bridgehead atoms. The SMILES string of the molecule is COC(=O)NC(C(=O)Nc1cc(F)ccc1CC[C@@H]1CNC[C@@H](CCOc2ccc(C#N)cc2)O1)C(c1ccccc1)c1ccccc1. The summed E-state index contributed by atoms with van der Waals surface area (Å²) in [4.78, 5) is 26.6. The molecule has 0 aliphatic carbocycles. The van der Waals surface area contributed by atoms with Crippen LogP contribution in [0.2, 0.25) is 0 Å². The number of hydrogen-bond donors (Lipinski definition) is 3. The van der Waals surface area contributed by atoms with E-state index < -0.39 is 29.8 Å². The third kappa shape index (κ3) is 9.41. The van der Waals surface area contributed by atoms with E-state index in [-0.39, 0.29) is 12.2 Å².